The van der Waals surface area contributed by atoms with Crippen molar-refractivity contribution in [2.24, 2.45) is 0 Å². The minimum Gasteiger partial charge on any atom is -0.465 e. The third-order valence-corrected chi connectivity index (χ3v) is 2.24. The standard InChI is InChI=1S/C9H18N2O3/c1-7(11-9(12)13)6-14-8-2-4-10-5-3-8/h7-8,10-11H,2-6H2,1H3,(H,12,13)/t7-/m0/s1. The summed E-state index contributed by atoms with van der Waals surface area (Å²) < 4.78 is 5.58. The molecule has 1 aliphatic heterocycles. The molecule has 0 aromatic rings. The maximum atomic E-state index is 10.3. The fourth-order valence-corrected chi connectivity index (χ4v) is 1.49. The predicted molar refractivity (Wildman–Crippen MR) is 52.5 cm³/mol. The van der Waals surface area contributed by atoms with Gasteiger partial charge in [-0.05, 0) is 32.9 Å². The van der Waals surface area contributed by atoms with Gasteiger partial charge < -0.3 is 20.5 Å². The molecule has 1 atom stereocenters. The number of ether oxygens (including phenoxy) is 1. The van der Waals surface area contributed by atoms with E-state index >= 15 is 0 Å². The maximum Gasteiger partial charge on any atom is 0.404 e. The molecular formula is C9H18N2O3. The monoisotopic (exact) mass is 202 g/mol. The summed E-state index contributed by atoms with van der Waals surface area (Å²) in [6.07, 6.45) is 1.32. The first-order valence-corrected chi connectivity index (χ1v) is 5.00. The van der Waals surface area contributed by atoms with E-state index in [2.05, 4.69) is 10.6 Å². The zero-order valence-corrected chi connectivity index (χ0v) is 8.45. The van der Waals surface area contributed by atoms with Gasteiger partial charge in [-0.3, -0.25) is 0 Å². The van der Waals surface area contributed by atoms with E-state index in [1.165, 1.54) is 0 Å². The molecule has 0 aromatic carbocycles. The first-order valence-electron chi connectivity index (χ1n) is 5.00. The van der Waals surface area contributed by atoms with E-state index < -0.39 is 6.09 Å². The Labute approximate surface area is 83.8 Å². The molecule has 1 aliphatic rings. The molecule has 0 spiro atoms. The molecule has 5 nitrogen and oxygen atoms in total. The van der Waals surface area contributed by atoms with Crippen LogP contribution in [0.25, 0.3) is 0 Å². The molecule has 0 aliphatic carbocycles. The van der Waals surface area contributed by atoms with Crippen LogP contribution in [0.1, 0.15) is 19.8 Å². The Kier molecular flexibility index (Phi) is 4.69. The minimum atomic E-state index is -0.994. The minimum absolute atomic E-state index is 0.137. The molecule has 1 rings (SSSR count). The van der Waals surface area contributed by atoms with Crippen molar-refractivity contribution < 1.29 is 14.6 Å². The topological polar surface area (TPSA) is 70.6 Å². The molecule has 5 heteroatoms. The number of nitrogens with one attached hydrogen (secondary N) is 2. The van der Waals surface area contributed by atoms with E-state index in [1.54, 1.807) is 6.92 Å². The lowest BCUT2D eigenvalue weighted by Crippen LogP contribution is -2.38. The summed E-state index contributed by atoms with van der Waals surface area (Å²) in [5.74, 6) is 0. The Morgan fingerprint density at radius 1 is 1.64 bits per heavy atom. The van der Waals surface area contributed by atoms with Crippen LogP contribution in [0, 0.1) is 0 Å². The summed E-state index contributed by atoms with van der Waals surface area (Å²) in [6.45, 7) is 4.24. The molecule has 1 amide bonds. The Bertz CT molecular complexity index is 181. The molecule has 1 heterocycles. The van der Waals surface area contributed by atoms with Gasteiger partial charge in [-0.15, -0.1) is 0 Å². The van der Waals surface area contributed by atoms with Crippen LogP contribution in [-0.2, 0) is 4.74 Å². The van der Waals surface area contributed by atoms with Crippen LogP contribution in [-0.4, -0.2) is 43.0 Å². The number of rotatable bonds is 4. The maximum absolute atomic E-state index is 10.3. The van der Waals surface area contributed by atoms with Gasteiger partial charge in [0.1, 0.15) is 0 Å². The van der Waals surface area contributed by atoms with Gasteiger partial charge in [0.05, 0.1) is 18.8 Å². The highest BCUT2D eigenvalue weighted by Crippen LogP contribution is 2.07. The second-order valence-electron chi connectivity index (χ2n) is 3.63. The van der Waals surface area contributed by atoms with Crippen molar-refractivity contribution >= 4 is 6.09 Å². The highest BCUT2D eigenvalue weighted by atomic mass is 16.5. The van der Waals surface area contributed by atoms with Crippen LogP contribution in [0.4, 0.5) is 4.79 Å². The zero-order valence-electron chi connectivity index (χ0n) is 8.45. The second kappa shape index (κ2) is 5.82. The fourth-order valence-electron chi connectivity index (χ4n) is 1.49. The smallest absolute Gasteiger partial charge is 0.404 e. The van der Waals surface area contributed by atoms with E-state index in [-0.39, 0.29) is 12.1 Å². The van der Waals surface area contributed by atoms with Crippen molar-refractivity contribution in [1.29, 1.82) is 0 Å². The normalized spacial score (nSPS) is 20.4. The van der Waals surface area contributed by atoms with Crippen LogP contribution in [0.15, 0.2) is 0 Å². The van der Waals surface area contributed by atoms with Gasteiger partial charge in [0.25, 0.3) is 0 Å². The molecule has 0 bridgehead atoms. The third kappa shape index (κ3) is 4.43. The van der Waals surface area contributed by atoms with E-state index in [9.17, 15) is 4.79 Å². The zero-order chi connectivity index (χ0) is 10.4. The average Bonchev–Trinajstić information content (AvgIpc) is 2.15. The van der Waals surface area contributed by atoms with Gasteiger partial charge >= 0.3 is 6.09 Å². The molecule has 14 heavy (non-hydrogen) atoms. The number of carboxylic acid groups (broad SMARTS) is 1. The van der Waals surface area contributed by atoms with E-state index in [1.807, 2.05) is 0 Å². The summed E-state index contributed by atoms with van der Waals surface area (Å²) in [5.41, 5.74) is 0. The van der Waals surface area contributed by atoms with Crippen LogP contribution < -0.4 is 10.6 Å². The quantitative estimate of drug-likeness (QED) is 0.617. The van der Waals surface area contributed by atoms with Crippen LogP contribution in [0.3, 0.4) is 0 Å². The van der Waals surface area contributed by atoms with Gasteiger partial charge in [0.2, 0.25) is 0 Å². The van der Waals surface area contributed by atoms with Crippen molar-refractivity contribution in [3.05, 3.63) is 0 Å². The number of carbonyl (C=O) groups is 1. The summed E-state index contributed by atoms with van der Waals surface area (Å²) in [5, 5.41) is 14.0. The molecule has 1 fully saturated rings. The number of hydrogen-bond donors (Lipinski definition) is 3. The average molecular weight is 202 g/mol. The number of piperidine rings is 1. The highest BCUT2D eigenvalue weighted by molar-refractivity contribution is 5.64. The van der Waals surface area contributed by atoms with E-state index in [0.717, 1.165) is 25.9 Å². The van der Waals surface area contributed by atoms with E-state index in [4.69, 9.17) is 9.84 Å². The number of hydrogen-bond acceptors (Lipinski definition) is 3. The molecule has 0 unspecified atom stereocenters. The van der Waals surface area contributed by atoms with Gasteiger partial charge in [-0.2, -0.15) is 0 Å². The molecule has 0 radical (unpaired) electrons. The Morgan fingerprint density at radius 2 is 2.29 bits per heavy atom. The van der Waals surface area contributed by atoms with Gasteiger partial charge in [-0.1, -0.05) is 0 Å². The second-order valence-corrected chi connectivity index (χ2v) is 3.63. The molecule has 0 saturated carbocycles. The van der Waals surface area contributed by atoms with Crippen LogP contribution in [0.5, 0.6) is 0 Å². The van der Waals surface area contributed by atoms with Crippen molar-refractivity contribution in [2.75, 3.05) is 19.7 Å². The van der Waals surface area contributed by atoms with Crippen LogP contribution >= 0.6 is 0 Å². The van der Waals surface area contributed by atoms with Crippen molar-refractivity contribution in [3.63, 3.8) is 0 Å². The molecule has 0 aromatic heterocycles. The molecular weight excluding hydrogens is 184 g/mol. The third-order valence-electron chi connectivity index (χ3n) is 2.24. The first-order chi connectivity index (χ1) is 6.68. The Balaban J connectivity index is 2.09. The summed E-state index contributed by atoms with van der Waals surface area (Å²) >= 11 is 0. The van der Waals surface area contributed by atoms with Crippen molar-refractivity contribution in [1.82, 2.24) is 10.6 Å². The lowest BCUT2D eigenvalue weighted by atomic mass is 10.1. The fraction of sp³-hybridized carbons (Fsp3) is 0.889. The predicted octanol–water partition coefficient (Wildman–Crippen LogP) is 0.411. The van der Waals surface area contributed by atoms with Gasteiger partial charge in [0, 0.05) is 0 Å². The SMILES string of the molecule is C[C@@H](COC1CCNCC1)NC(=O)O. The lowest BCUT2D eigenvalue weighted by Gasteiger charge is -2.24. The van der Waals surface area contributed by atoms with Gasteiger partial charge in [-0.25, -0.2) is 4.79 Å². The lowest BCUT2D eigenvalue weighted by molar-refractivity contribution is 0.0227. The highest BCUT2D eigenvalue weighted by Gasteiger charge is 2.14. The number of amides is 1. The van der Waals surface area contributed by atoms with Crippen molar-refractivity contribution in [2.45, 2.75) is 31.9 Å². The summed E-state index contributed by atoms with van der Waals surface area (Å²) in [6, 6.07) is -0.137. The molecule has 3 N–H and O–H groups in total. The van der Waals surface area contributed by atoms with Crippen LogP contribution in [0.2, 0.25) is 0 Å². The molecule has 82 valence electrons. The summed E-state index contributed by atoms with van der Waals surface area (Å²) in [7, 11) is 0. The van der Waals surface area contributed by atoms with Crippen molar-refractivity contribution in [3.8, 4) is 0 Å². The Hall–Kier alpha value is -0.810. The first kappa shape index (κ1) is 11.3. The Morgan fingerprint density at radius 3 is 2.86 bits per heavy atom. The molecule has 1 saturated heterocycles. The largest absolute Gasteiger partial charge is 0.465 e. The van der Waals surface area contributed by atoms with Gasteiger partial charge in [0.15, 0.2) is 0 Å². The van der Waals surface area contributed by atoms with E-state index in [0.29, 0.717) is 6.61 Å². The summed E-state index contributed by atoms with van der Waals surface area (Å²) in [4.78, 5) is 10.3.